The summed E-state index contributed by atoms with van der Waals surface area (Å²) >= 11 is 0. The van der Waals surface area contributed by atoms with Crippen molar-refractivity contribution in [3.05, 3.63) is 88.9 Å². The fraction of sp³-hybridized carbons (Fsp3) is 0.259. The fourth-order valence-electron chi connectivity index (χ4n) is 4.63. The van der Waals surface area contributed by atoms with Crippen molar-refractivity contribution in [2.45, 2.75) is 39.0 Å². The van der Waals surface area contributed by atoms with Crippen molar-refractivity contribution in [1.29, 1.82) is 0 Å². The van der Waals surface area contributed by atoms with Crippen LogP contribution in [0.15, 0.2) is 70.9 Å². The van der Waals surface area contributed by atoms with Gasteiger partial charge < -0.3 is 23.9 Å². The first-order valence-corrected chi connectivity index (χ1v) is 11.3. The minimum Gasteiger partial charge on any atom is -0.507 e. The quantitative estimate of drug-likeness (QED) is 0.329. The van der Waals surface area contributed by atoms with E-state index in [0.29, 0.717) is 35.7 Å². The fourth-order valence-corrected chi connectivity index (χ4v) is 4.63. The first-order chi connectivity index (χ1) is 16.5. The van der Waals surface area contributed by atoms with Gasteiger partial charge in [-0.2, -0.15) is 0 Å². The van der Waals surface area contributed by atoms with Crippen LogP contribution in [0.5, 0.6) is 11.5 Å². The minimum atomic E-state index is -0.797. The Bertz CT molecular complexity index is 1280. The van der Waals surface area contributed by atoms with Gasteiger partial charge in [0.1, 0.15) is 29.1 Å². The summed E-state index contributed by atoms with van der Waals surface area (Å²) in [5, 5.41) is 11.3. The zero-order valence-electron chi connectivity index (χ0n) is 19.0. The Morgan fingerprint density at radius 3 is 2.76 bits per heavy atom. The highest BCUT2D eigenvalue weighted by atomic mass is 16.5. The molecule has 7 heteroatoms. The van der Waals surface area contributed by atoms with Crippen LogP contribution in [-0.2, 0) is 22.6 Å². The first-order valence-electron chi connectivity index (χ1n) is 11.3. The molecule has 2 aromatic carbocycles. The first kappa shape index (κ1) is 21.8. The maximum absolute atomic E-state index is 13.2. The Hall–Kier alpha value is -4.00. The molecule has 2 aliphatic heterocycles. The number of aliphatic hydroxyl groups is 1. The number of hydrogen-bond acceptors (Lipinski definition) is 6. The molecule has 1 fully saturated rings. The van der Waals surface area contributed by atoms with Gasteiger partial charge in [-0.3, -0.25) is 9.59 Å². The van der Waals surface area contributed by atoms with Gasteiger partial charge in [-0.25, -0.2) is 0 Å². The van der Waals surface area contributed by atoms with Crippen molar-refractivity contribution >= 4 is 17.4 Å². The lowest BCUT2D eigenvalue weighted by molar-refractivity contribution is -0.140. The third-order valence-corrected chi connectivity index (χ3v) is 6.10. The number of furan rings is 1. The van der Waals surface area contributed by atoms with Crippen LogP contribution in [0.3, 0.4) is 0 Å². The normalized spacial score (nSPS) is 20.9. The van der Waals surface area contributed by atoms with E-state index in [1.165, 1.54) is 11.2 Å². The molecule has 0 bridgehead atoms. The number of Topliss-reactive ketones (excluding diaryl/α,β-unsaturated/α-hetero) is 1. The van der Waals surface area contributed by atoms with Crippen LogP contribution in [0, 0.1) is 0 Å². The van der Waals surface area contributed by atoms with Gasteiger partial charge in [0.15, 0.2) is 0 Å². The highest BCUT2D eigenvalue weighted by Crippen LogP contribution is 2.42. The standard InChI is InChI=1S/C27H25NO6/c1-3-32-20-7-4-6-17(14-20)24-23(26(30)27(31)28(24)15-21-8-5-11-33-21)25(29)18-9-10-22-19(13-18)12-16(2)34-22/h4-11,13-14,16,24,29H,3,12,15H2,1-2H3/b25-23+/t16-,24-/m0/s1. The van der Waals surface area contributed by atoms with E-state index in [1.807, 2.05) is 38.1 Å². The largest absolute Gasteiger partial charge is 0.507 e. The Morgan fingerprint density at radius 2 is 2.00 bits per heavy atom. The van der Waals surface area contributed by atoms with Gasteiger partial charge in [0.2, 0.25) is 0 Å². The molecule has 7 nitrogen and oxygen atoms in total. The number of ether oxygens (including phenoxy) is 2. The number of likely N-dealkylation sites (tertiary alicyclic amines) is 1. The number of carbonyl (C=O) groups excluding carboxylic acids is 2. The van der Waals surface area contributed by atoms with Crippen LogP contribution in [0.2, 0.25) is 0 Å². The van der Waals surface area contributed by atoms with Crippen molar-refractivity contribution in [3.63, 3.8) is 0 Å². The second kappa shape index (κ2) is 8.74. The van der Waals surface area contributed by atoms with Gasteiger partial charge in [-0.05, 0) is 67.4 Å². The Kier molecular flexibility index (Phi) is 5.61. The summed E-state index contributed by atoms with van der Waals surface area (Å²) in [5.41, 5.74) is 2.13. The molecular formula is C27H25NO6. The third-order valence-electron chi connectivity index (χ3n) is 6.10. The van der Waals surface area contributed by atoms with Crippen molar-refractivity contribution in [1.82, 2.24) is 4.90 Å². The van der Waals surface area contributed by atoms with Crippen molar-refractivity contribution in [2.75, 3.05) is 6.61 Å². The maximum atomic E-state index is 13.2. The lowest BCUT2D eigenvalue weighted by atomic mass is 9.94. The van der Waals surface area contributed by atoms with Crippen molar-refractivity contribution < 1.29 is 28.6 Å². The van der Waals surface area contributed by atoms with Gasteiger partial charge in [0, 0.05) is 12.0 Å². The average Bonchev–Trinajstić information content (AvgIpc) is 3.53. The molecule has 1 N–H and O–H groups in total. The zero-order valence-corrected chi connectivity index (χ0v) is 19.0. The molecule has 174 valence electrons. The number of carbonyl (C=O) groups is 2. The Morgan fingerprint density at radius 1 is 1.15 bits per heavy atom. The molecule has 0 radical (unpaired) electrons. The van der Waals surface area contributed by atoms with Gasteiger partial charge in [-0.15, -0.1) is 0 Å². The van der Waals surface area contributed by atoms with Crippen LogP contribution >= 0.6 is 0 Å². The number of benzene rings is 2. The Balaban J connectivity index is 1.63. The second-order valence-electron chi connectivity index (χ2n) is 8.47. The smallest absolute Gasteiger partial charge is 0.296 e. The Labute approximate surface area is 197 Å². The topological polar surface area (TPSA) is 89.2 Å². The molecule has 0 aliphatic carbocycles. The maximum Gasteiger partial charge on any atom is 0.296 e. The van der Waals surface area contributed by atoms with E-state index in [0.717, 1.165) is 11.3 Å². The summed E-state index contributed by atoms with van der Waals surface area (Å²) in [4.78, 5) is 27.8. The zero-order chi connectivity index (χ0) is 23.8. The van der Waals surface area contributed by atoms with E-state index < -0.39 is 17.7 Å². The van der Waals surface area contributed by atoms with E-state index in [1.54, 1.807) is 30.3 Å². The summed E-state index contributed by atoms with van der Waals surface area (Å²) in [6, 6.07) is 15.2. The van der Waals surface area contributed by atoms with Crippen LogP contribution in [0.4, 0.5) is 0 Å². The molecule has 2 atom stereocenters. The number of amides is 1. The molecule has 5 rings (SSSR count). The molecule has 0 spiro atoms. The van der Waals surface area contributed by atoms with Gasteiger partial charge >= 0.3 is 0 Å². The molecule has 1 saturated heterocycles. The number of ketones is 1. The summed E-state index contributed by atoms with van der Waals surface area (Å²) in [6.45, 7) is 4.43. The number of nitrogens with zero attached hydrogens (tertiary/aromatic N) is 1. The van der Waals surface area contributed by atoms with Crippen LogP contribution < -0.4 is 9.47 Å². The van der Waals surface area contributed by atoms with Gasteiger partial charge in [-0.1, -0.05) is 12.1 Å². The average molecular weight is 459 g/mol. The summed E-state index contributed by atoms with van der Waals surface area (Å²) in [5.74, 6) is 0.283. The summed E-state index contributed by atoms with van der Waals surface area (Å²) in [7, 11) is 0. The van der Waals surface area contributed by atoms with Crippen LogP contribution in [0.1, 0.15) is 42.3 Å². The minimum absolute atomic E-state index is 0.0390. The van der Waals surface area contributed by atoms with Gasteiger partial charge in [0.25, 0.3) is 11.7 Å². The van der Waals surface area contributed by atoms with E-state index >= 15 is 0 Å². The monoisotopic (exact) mass is 459 g/mol. The number of rotatable bonds is 6. The van der Waals surface area contributed by atoms with E-state index in [2.05, 4.69) is 0 Å². The van der Waals surface area contributed by atoms with Crippen LogP contribution in [0.25, 0.3) is 5.76 Å². The predicted octanol–water partition coefficient (Wildman–Crippen LogP) is 4.62. The second-order valence-corrected chi connectivity index (χ2v) is 8.47. The molecule has 1 aromatic heterocycles. The molecule has 34 heavy (non-hydrogen) atoms. The van der Waals surface area contributed by atoms with Crippen molar-refractivity contribution in [2.24, 2.45) is 0 Å². The SMILES string of the molecule is CCOc1cccc([C@H]2/C(=C(\O)c3ccc4c(c3)C[C@H](C)O4)C(=O)C(=O)N2Cc2ccco2)c1. The lowest BCUT2D eigenvalue weighted by Crippen LogP contribution is -2.29. The number of aliphatic hydroxyl groups excluding tert-OH is 1. The van der Waals surface area contributed by atoms with Crippen LogP contribution in [-0.4, -0.2) is 34.4 Å². The summed E-state index contributed by atoms with van der Waals surface area (Å²) in [6.07, 6.45) is 2.28. The molecular weight excluding hydrogens is 434 g/mol. The highest BCUT2D eigenvalue weighted by Gasteiger charge is 2.46. The lowest BCUT2D eigenvalue weighted by Gasteiger charge is -2.25. The third kappa shape index (κ3) is 3.83. The highest BCUT2D eigenvalue weighted by molar-refractivity contribution is 6.46. The molecule has 0 saturated carbocycles. The predicted molar refractivity (Wildman–Crippen MR) is 124 cm³/mol. The summed E-state index contributed by atoms with van der Waals surface area (Å²) < 4.78 is 16.8. The molecule has 3 heterocycles. The number of fused-ring (bicyclic) bond motifs is 1. The van der Waals surface area contributed by atoms with E-state index in [9.17, 15) is 14.7 Å². The van der Waals surface area contributed by atoms with E-state index in [4.69, 9.17) is 13.9 Å². The van der Waals surface area contributed by atoms with E-state index in [-0.39, 0.29) is 24.0 Å². The molecule has 0 unspecified atom stereocenters. The number of hydrogen-bond donors (Lipinski definition) is 1. The molecule has 1 amide bonds. The molecule has 3 aromatic rings. The van der Waals surface area contributed by atoms with Crippen molar-refractivity contribution in [3.8, 4) is 11.5 Å². The van der Waals surface area contributed by atoms with Gasteiger partial charge in [0.05, 0.1) is 31.0 Å². The molecule has 2 aliphatic rings.